The fourth-order valence-corrected chi connectivity index (χ4v) is 4.29. The Morgan fingerprint density at radius 1 is 0.967 bits per heavy atom. The molecule has 2 amide bonds. The molecular weight excluding hydrogens is 423 g/mol. The normalized spacial score (nSPS) is 17.9. The lowest BCUT2D eigenvalue weighted by atomic mass is 9.97. The number of methoxy groups -OCH3 is 1. The molecule has 0 atom stereocenters. The number of para-hydroxylation sites is 1. The number of rotatable bonds is 4. The Hall–Kier alpha value is -2.50. The Labute approximate surface area is 185 Å². The Balaban J connectivity index is 1.85. The van der Waals surface area contributed by atoms with Gasteiger partial charge in [0.2, 0.25) is 0 Å². The van der Waals surface area contributed by atoms with Gasteiger partial charge in [0.1, 0.15) is 11.4 Å². The highest BCUT2D eigenvalue weighted by atomic mass is 35.5. The molecule has 2 aliphatic rings. The smallest absolute Gasteiger partial charge is 0.282 e. The van der Waals surface area contributed by atoms with E-state index in [1.54, 1.807) is 31.4 Å². The van der Waals surface area contributed by atoms with Crippen molar-refractivity contribution >= 4 is 46.3 Å². The lowest BCUT2D eigenvalue weighted by molar-refractivity contribution is -0.120. The van der Waals surface area contributed by atoms with E-state index in [9.17, 15) is 9.59 Å². The maximum Gasteiger partial charge on any atom is 0.282 e. The molecule has 0 N–H and O–H groups in total. The van der Waals surface area contributed by atoms with E-state index < -0.39 is 5.91 Å². The monoisotopic (exact) mass is 444 g/mol. The third-order valence-electron chi connectivity index (χ3n) is 5.70. The molecule has 1 saturated heterocycles. The van der Waals surface area contributed by atoms with Crippen molar-refractivity contribution < 1.29 is 14.3 Å². The van der Waals surface area contributed by atoms with Crippen LogP contribution in [0.1, 0.15) is 25.3 Å². The fraction of sp³-hybridized carbons (Fsp3) is 0.304. The second-order valence-electron chi connectivity index (χ2n) is 7.64. The van der Waals surface area contributed by atoms with Gasteiger partial charge >= 0.3 is 0 Å². The van der Waals surface area contributed by atoms with Crippen molar-refractivity contribution in [3.8, 4) is 5.75 Å². The average Bonchev–Trinajstić information content (AvgIpc) is 3.00. The summed E-state index contributed by atoms with van der Waals surface area (Å²) in [6, 6.07) is 12.0. The first-order chi connectivity index (χ1) is 14.4. The summed E-state index contributed by atoms with van der Waals surface area (Å²) in [7, 11) is 1.56. The highest BCUT2D eigenvalue weighted by molar-refractivity contribution is 6.46. The molecule has 2 aromatic carbocycles. The van der Waals surface area contributed by atoms with Crippen LogP contribution in [0.15, 0.2) is 48.2 Å². The summed E-state index contributed by atoms with van der Waals surface area (Å²) in [5.41, 5.74) is 1.78. The number of anilines is 1. The molecule has 0 radical (unpaired) electrons. The van der Waals surface area contributed by atoms with Crippen LogP contribution in [-0.4, -0.2) is 36.9 Å². The van der Waals surface area contributed by atoms with Gasteiger partial charge in [-0.1, -0.05) is 48.3 Å². The highest BCUT2D eigenvalue weighted by Gasteiger charge is 2.43. The SMILES string of the molecule is COc1ccccc1C1=C(N2CCC(C)CC2)C(=O)N(c2ccc(Cl)c(Cl)c2)C1=O. The molecule has 156 valence electrons. The van der Waals surface area contributed by atoms with Gasteiger partial charge in [-0.2, -0.15) is 0 Å². The third kappa shape index (κ3) is 3.57. The summed E-state index contributed by atoms with van der Waals surface area (Å²) in [6.45, 7) is 3.66. The molecule has 0 aromatic heterocycles. The number of nitrogens with zero attached hydrogens (tertiary/aromatic N) is 2. The van der Waals surface area contributed by atoms with E-state index >= 15 is 0 Å². The van der Waals surface area contributed by atoms with Crippen LogP contribution in [0.2, 0.25) is 10.0 Å². The Kier molecular flexibility index (Phi) is 5.76. The van der Waals surface area contributed by atoms with Gasteiger partial charge in [0.15, 0.2) is 0 Å². The molecule has 5 nitrogen and oxygen atoms in total. The maximum atomic E-state index is 13.6. The van der Waals surface area contributed by atoms with Crippen LogP contribution >= 0.6 is 23.2 Å². The molecule has 2 aromatic rings. The molecule has 2 heterocycles. The second kappa shape index (κ2) is 8.32. The van der Waals surface area contributed by atoms with Crippen molar-refractivity contribution in [3.63, 3.8) is 0 Å². The summed E-state index contributed by atoms with van der Waals surface area (Å²) >= 11 is 12.2. The predicted molar refractivity (Wildman–Crippen MR) is 119 cm³/mol. The summed E-state index contributed by atoms with van der Waals surface area (Å²) in [4.78, 5) is 30.4. The molecule has 0 saturated carbocycles. The minimum Gasteiger partial charge on any atom is -0.496 e. The summed E-state index contributed by atoms with van der Waals surface area (Å²) < 4.78 is 5.50. The maximum absolute atomic E-state index is 13.6. The Morgan fingerprint density at radius 3 is 2.33 bits per heavy atom. The topological polar surface area (TPSA) is 49.9 Å². The summed E-state index contributed by atoms with van der Waals surface area (Å²) in [5.74, 6) is 0.396. The zero-order valence-electron chi connectivity index (χ0n) is 16.8. The molecule has 0 aliphatic carbocycles. The largest absolute Gasteiger partial charge is 0.496 e. The van der Waals surface area contributed by atoms with E-state index in [0.717, 1.165) is 25.9 Å². The van der Waals surface area contributed by atoms with Gasteiger partial charge < -0.3 is 9.64 Å². The molecule has 0 unspecified atom stereocenters. The number of likely N-dealkylation sites (tertiary alicyclic amines) is 1. The van der Waals surface area contributed by atoms with E-state index in [0.29, 0.717) is 39.2 Å². The van der Waals surface area contributed by atoms with Crippen LogP contribution in [0, 0.1) is 5.92 Å². The molecule has 0 bridgehead atoms. The van der Waals surface area contributed by atoms with Crippen molar-refractivity contribution in [1.29, 1.82) is 0 Å². The van der Waals surface area contributed by atoms with Crippen LogP contribution in [0.5, 0.6) is 5.75 Å². The first-order valence-corrected chi connectivity index (χ1v) is 10.6. The Morgan fingerprint density at radius 2 is 1.67 bits per heavy atom. The number of benzene rings is 2. The van der Waals surface area contributed by atoms with Crippen molar-refractivity contribution in [2.45, 2.75) is 19.8 Å². The number of hydrogen-bond acceptors (Lipinski definition) is 4. The molecule has 1 fully saturated rings. The lowest BCUT2D eigenvalue weighted by Crippen LogP contribution is -2.38. The van der Waals surface area contributed by atoms with Gasteiger partial charge in [-0.25, -0.2) is 4.90 Å². The molecule has 0 spiro atoms. The quantitative estimate of drug-likeness (QED) is 0.621. The third-order valence-corrected chi connectivity index (χ3v) is 6.44. The van der Waals surface area contributed by atoms with E-state index in [1.165, 1.54) is 4.90 Å². The van der Waals surface area contributed by atoms with Crippen LogP contribution < -0.4 is 9.64 Å². The van der Waals surface area contributed by atoms with Crippen molar-refractivity contribution in [1.82, 2.24) is 4.90 Å². The molecule has 7 heteroatoms. The van der Waals surface area contributed by atoms with Gasteiger partial charge in [-0.3, -0.25) is 9.59 Å². The zero-order valence-corrected chi connectivity index (χ0v) is 18.3. The molecule has 2 aliphatic heterocycles. The van der Waals surface area contributed by atoms with Crippen LogP contribution in [0.4, 0.5) is 5.69 Å². The van der Waals surface area contributed by atoms with Crippen LogP contribution in [0.3, 0.4) is 0 Å². The van der Waals surface area contributed by atoms with Crippen molar-refractivity contribution in [2.24, 2.45) is 5.92 Å². The van der Waals surface area contributed by atoms with Gasteiger partial charge in [-0.15, -0.1) is 0 Å². The summed E-state index contributed by atoms with van der Waals surface area (Å²) in [5, 5.41) is 0.650. The Bertz CT molecular complexity index is 1040. The molecular formula is C23H22Cl2N2O3. The number of piperidine rings is 1. The lowest BCUT2D eigenvalue weighted by Gasteiger charge is -2.32. The highest BCUT2D eigenvalue weighted by Crippen LogP contribution is 2.40. The van der Waals surface area contributed by atoms with Crippen LogP contribution in [0.25, 0.3) is 5.57 Å². The predicted octanol–water partition coefficient (Wildman–Crippen LogP) is 5.02. The van der Waals surface area contributed by atoms with E-state index in [2.05, 4.69) is 6.92 Å². The van der Waals surface area contributed by atoms with Gasteiger partial charge in [0.05, 0.1) is 28.4 Å². The number of ether oxygens (including phenoxy) is 1. The first kappa shape index (κ1) is 20.8. The van der Waals surface area contributed by atoms with Gasteiger partial charge in [0.25, 0.3) is 11.8 Å². The molecule has 4 rings (SSSR count). The standard InChI is InChI=1S/C23H22Cl2N2O3/c1-14-9-11-26(12-10-14)21-20(16-5-3-4-6-19(16)30-2)22(28)27(23(21)29)15-7-8-17(24)18(25)13-15/h3-8,13-14H,9-12H2,1-2H3. The number of carbonyl (C=O) groups excluding carboxylic acids is 2. The number of carbonyl (C=O) groups is 2. The van der Waals surface area contributed by atoms with E-state index in [1.807, 2.05) is 23.1 Å². The average molecular weight is 445 g/mol. The van der Waals surface area contributed by atoms with E-state index in [-0.39, 0.29) is 10.9 Å². The van der Waals surface area contributed by atoms with Gasteiger partial charge in [-0.05, 0) is 43.0 Å². The zero-order chi connectivity index (χ0) is 21.4. The van der Waals surface area contributed by atoms with Crippen LogP contribution in [-0.2, 0) is 9.59 Å². The van der Waals surface area contributed by atoms with Gasteiger partial charge in [0, 0.05) is 18.7 Å². The van der Waals surface area contributed by atoms with Crippen molar-refractivity contribution in [2.75, 3.05) is 25.1 Å². The summed E-state index contributed by atoms with van der Waals surface area (Å²) in [6.07, 6.45) is 1.94. The number of imide groups is 1. The fourth-order valence-electron chi connectivity index (χ4n) is 4.00. The minimum atomic E-state index is -0.392. The molecule has 30 heavy (non-hydrogen) atoms. The first-order valence-electron chi connectivity index (χ1n) is 9.88. The van der Waals surface area contributed by atoms with Crippen molar-refractivity contribution in [3.05, 3.63) is 63.8 Å². The number of hydrogen-bond donors (Lipinski definition) is 0. The number of halogens is 2. The second-order valence-corrected chi connectivity index (χ2v) is 8.45. The van der Waals surface area contributed by atoms with E-state index in [4.69, 9.17) is 27.9 Å². The minimum absolute atomic E-state index is 0.286. The number of amides is 2.